The average Bonchev–Trinajstić information content (AvgIpc) is 2.79. The van der Waals surface area contributed by atoms with Gasteiger partial charge in [0.2, 0.25) is 0 Å². The number of nitrogens with zero attached hydrogens (tertiary/aromatic N) is 1. The van der Waals surface area contributed by atoms with E-state index in [1.165, 1.54) is 0 Å². The number of likely N-dealkylation sites (tertiary alicyclic amines) is 1. The Labute approximate surface area is 104 Å². The van der Waals surface area contributed by atoms with Crippen molar-refractivity contribution in [2.24, 2.45) is 17.1 Å². The van der Waals surface area contributed by atoms with Gasteiger partial charge in [0, 0.05) is 26.3 Å². The van der Waals surface area contributed by atoms with E-state index < -0.39 is 0 Å². The quantitative estimate of drug-likeness (QED) is 0.751. The Balaban J connectivity index is 1.87. The lowest BCUT2D eigenvalue weighted by atomic mass is 9.80. The lowest BCUT2D eigenvalue weighted by Gasteiger charge is -2.39. The molecule has 0 spiro atoms. The first kappa shape index (κ1) is 13.3. The summed E-state index contributed by atoms with van der Waals surface area (Å²) in [6, 6.07) is 0. The summed E-state index contributed by atoms with van der Waals surface area (Å²) in [4.78, 5) is 2.48. The van der Waals surface area contributed by atoms with Crippen LogP contribution >= 0.6 is 0 Å². The van der Waals surface area contributed by atoms with Crippen molar-refractivity contribution in [3.8, 4) is 0 Å². The van der Waals surface area contributed by atoms with Gasteiger partial charge in [-0.05, 0) is 50.6 Å². The maximum atomic E-state index is 9.63. The topological polar surface area (TPSA) is 58.7 Å². The summed E-state index contributed by atoms with van der Waals surface area (Å²) in [5.41, 5.74) is 6.23. The molecule has 2 aliphatic heterocycles. The molecule has 2 unspecified atom stereocenters. The summed E-state index contributed by atoms with van der Waals surface area (Å²) in [6.45, 7) is 7.58. The molecular weight excluding hydrogens is 216 g/mol. The molecule has 4 heteroatoms. The second kappa shape index (κ2) is 5.65. The first-order valence-corrected chi connectivity index (χ1v) is 6.83. The largest absolute Gasteiger partial charge is 0.393 e. The van der Waals surface area contributed by atoms with Crippen molar-refractivity contribution in [2.45, 2.75) is 32.3 Å². The smallest absolute Gasteiger partial charge is 0.0552 e. The third-order valence-corrected chi connectivity index (χ3v) is 4.54. The van der Waals surface area contributed by atoms with Gasteiger partial charge in [0.1, 0.15) is 0 Å². The summed E-state index contributed by atoms with van der Waals surface area (Å²) in [5.74, 6) is 0.449. The predicted octanol–water partition coefficient (Wildman–Crippen LogP) is 0.445. The van der Waals surface area contributed by atoms with Crippen LogP contribution in [-0.2, 0) is 4.74 Å². The fourth-order valence-corrected chi connectivity index (χ4v) is 3.11. The number of aliphatic hydroxyl groups is 1. The first-order valence-electron chi connectivity index (χ1n) is 6.83. The molecule has 2 fully saturated rings. The van der Waals surface area contributed by atoms with Gasteiger partial charge < -0.3 is 20.5 Å². The molecule has 0 bridgehead atoms. The molecule has 2 aliphatic rings. The van der Waals surface area contributed by atoms with Crippen LogP contribution in [0.15, 0.2) is 0 Å². The van der Waals surface area contributed by atoms with Crippen LogP contribution in [0, 0.1) is 11.3 Å². The molecular formula is C13H26N2O2. The maximum Gasteiger partial charge on any atom is 0.0552 e. The minimum atomic E-state index is -0.177. The number of aliphatic hydroxyl groups excluding tert-OH is 1. The Morgan fingerprint density at radius 2 is 2.18 bits per heavy atom. The van der Waals surface area contributed by atoms with Gasteiger partial charge in [-0.3, -0.25) is 0 Å². The zero-order chi connectivity index (χ0) is 12.3. The second-order valence-corrected chi connectivity index (χ2v) is 5.84. The molecule has 0 saturated carbocycles. The lowest BCUT2D eigenvalue weighted by Crippen LogP contribution is -2.45. The molecule has 0 aromatic heterocycles. The van der Waals surface area contributed by atoms with Gasteiger partial charge in [-0.25, -0.2) is 0 Å². The zero-order valence-corrected chi connectivity index (χ0v) is 10.9. The van der Waals surface area contributed by atoms with Gasteiger partial charge in [0.05, 0.1) is 6.10 Å². The van der Waals surface area contributed by atoms with E-state index in [0.29, 0.717) is 5.92 Å². The highest BCUT2D eigenvalue weighted by atomic mass is 16.5. The molecule has 17 heavy (non-hydrogen) atoms. The van der Waals surface area contributed by atoms with E-state index in [2.05, 4.69) is 4.90 Å². The van der Waals surface area contributed by atoms with Crippen LogP contribution in [-0.4, -0.2) is 55.5 Å². The number of nitrogens with two attached hydrogens (primary N) is 1. The Kier molecular flexibility index (Phi) is 4.42. The minimum absolute atomic E-state index is 0.177. The molecule has 2 atom stereocenters. The van der Waals surface area contributed by atoms with Crippen molar-refractivity contribution in [1.29, 1.82) is 0 Å². The van der Waals surface area contributed by atoms with Crippen LogP contribution < -0.4 is 5.73 Å². The van der Waals surface area contributed by atoms with E-state index in [9.17, 15) is 5.11 Å². The molecule has 2 heterocycles. The molecule has 4 nitrogen and oxygen atoms in total. The highest BCUT2D eigenvalue weighted by molar-refractivity contribution is 4.89. The van der Waals surface area contributed by atoms with Gasteiger partial charge in [-0.1, -0.05) is 0 Å². The molecule has 3 N–H and O–H groups in total. The zero-order valence-electron chi connectivity index (χ0n) is 10.9. The van der Waals surface area contributed by atoms with Crippen LogP contribution in [0.2, 0.25) is 0 Å². The molecule has 0 aromatic rings. The number of hydrogen-bond donors (Lipinski definition) is 2. The summed E-state index contributed by atoms with van der Waals surface area (Å²) < 4.78 is 5.44. The molecule has 2 saturated heterocycles. The Morgan fingerprint density at radius 3 is 2.71 bits per heavy atom. The summed E-state index contributed by atoms with van der Waals surface area (Å²) in [6.07, 6.45) is 3.11. The molecule has 100 valence electrons. The van der Waals surface area contributed by atoms with Crippen LogP contribution in [0.3, 0.4) is 0 Å². The summed E-state index contributed by atoms with van der Waals surface area (Å²) in [5, 5.41) is 9.63. The summed E-state index contributed by atoms with van der Waals surface area (Å²) >= 11 is 0. The number of ether oxygens (including phenoxy) is 1. The van der Waals surface area contributed by atoms with Gasteiger partial charge >= 0.3 is 0 Å². The lowest BCUT2D eigenvalue weighted by molar-refractivity contribution is 0.00183. The minimum Gasteiger partial charge on any atom is -0.393 e. The van der Waals surface area contributed by atoms with Crippen LogP contribution in [0.1, 0.15) is 26.2 Å². The number of hydrogen-bond acceptors (Lipinski definition) is 4. The third kappa shape index (κ3) is 3.19. The van der Waals surface area contributed by atoms with Gasteiger partial charge in [0.25, 0.3) is 0 Å². The fraction of sp³-hybridized carbons (Fsp3) is 1.00. The Bertz CT molecular complexity index is 240. The maximum absolute atomic E-state index is 9.63. The van der Waals surface area contributed by atoms with Crippen LogP contribution in [0.25, 0.3) is 0 Å². The van der Waals surface area contributed by atoms with Gasteiger partial charge in [-0.15, -0.1) is 0 Å². The van der Waals surface area contributed by atoms with Gasteiger partial charge in [-0.2, -0.15) is 0 Å². The monoisotopic (exact) mass is 242 g/mol. The van der Waals surface area contributed by atoms with E-state index in [1.807, 2.05) is 6.92 Å². The van der Waals surface area contributed by atoms with Crippen molar-refractivity contribution >= 4 is 0 Å². The first-order chi connectivity index (χ1) is 8.15. The second-order valence-electron chi connectivity index (χ2n) is 5.84. The normalized spacial score (nSPS) is 31.6. The SMILES string of the molecule is CC(O)C1CCN(CC2(CN)CCOCC2)C1. The molecule has 2 rings (SSSR count). The molecule has 0 radical (unpaired) electrons. The van der Waals surface area contributed by atoms with Crippen molar-refractivity contribution in [1.82, 2.24) is 4.90 Å². The van der Waals surface area contributed by atoms with Gasteiger partial charge in [0.15, 0.2) is 0 Å². The van der Waals surface area contributed by atoms with Crippen LogP contribution in [0.4, 0.5) is 0 Å². The highest BCUT2D eigenvalue weighted by Crippen LogP contribution is 2.32. The highest BCUT2D eigenvalue weighted by Gasteiger charge is 2.36. The van der Waals surface area contributed by atoms with Crippen LogP contribution in [0.5, 0.6) is 0 Å². The average molecular weight is 242 g/mol. The molecule has 0 aliphatic carbocycles. The van der Waals surface area contributed by atoms with Crippen molar-refractivity contribution in [3.05, 3.63) is 0 Å². The molecule has 0 aromatic carbocycles. The van der Waals surface area contributed by atoms with Crippen molar-refractivity contribution in [2.75, 3.05) is 39.4 Å². The van der Waals surface area contributed by atoms with E-state index in [-0.39, 0.29) is 11.5 Å². The Hall–Kier alpha value is -0.160. The van der Waals surface area contributed by atoms with E-state index in [4.69, 9.17) is 10.5 Å². The number of rotatable bonds is 4. The van der Waals surface area contributed by atoms with E-state index >= 15 is 0 Å². The van der Waals surface area contributed by atoms with Crippen molar-refractivity contribution in [3.63, 3.8) is 0 Å². The summed E-state index contributed by atoms with van der Waals surface area (Å²) in [7, 11) is 0. The molecule has 0 amide bonds. The third-order valence-electron chi connectivity index (χ3n) is 4.54. The van der Waals surface area contributed by atoms with E-state index in [0.717, 1.165) is 58.7 Å². The van der Waals surface area contributed by atoms with Crippen molar-refractivity contribution < 1.29 is 9.84 Å². The standard InChI is InChI=1S/C13H26N2O2/c1-11(16)12-2-5-15(8-12)10-13(9-14)3-6-17-7-4-13/h11-12,16H,2-10,14H2,1H3. The van der Waals surface area contributed by atoms with E-state index in [1.54, 1.807) is 0 Å². The fourth-order valence-electron chi connectivity index (χ4n) is 3.11. The predicted molar refractivity (Wildman–Crippen MR) is 67.8 cm³/mol. The Morgan fingerprint density at radius 1 is 1.47 bits per heavy atom.